The molecule has 0 radical (unpaired) electrons. The van der Waals surface area contributed by atoms with Gasteiger partial charge in [0.15, 0.2) is 5.65 Å². The van der Waals surface area contributed by atoms with Crippen molar-refractivity contribution in [1.82, 2.24) is 35.1 Å². The predicted molar refractivity (Wildman–Crippen MR) is 149 cm³/mol. The zero-order valence-electron chi connectivity index (χ0n) is 20.3. The summed E-state index contributed by atoms with van der Waals surface area (Å²) in [4.78, 5) is 11.5. The molecule has 0 saturated carbocycles. The first-order valence-corrected chi connectivity index (χ1v) is 13.1. The van der Waals surface area contributed by atoms with Crippen LogP contribution in [-0.2, 0) is 0 Å². The molecule has 0 amide bonds. The molecule has 2 fully saturated rings. The van der Waals surface area contributed by atoms with Gasteiger partial charge in [0.1, 0.15) is 5.69 Å². The molecular weight excluding hydrogens is 496 g/mol. The minimum atomic E-state index is 0.539. The summed E-state index contributed by atoms with van der Waals surface area (Å²) in [6, 6.07) is 19.5. The van der Waals surface area contributed by atoms with E-state index >= 15 is 0 Å². The first-order valence-electron chi connectivity index (χ1n) is 12.7. The highest BCUT2D eigenvalue weighted by Gasteiger charge is 2.37. The topological polar surface area (TPSA) is 87.0 Å². The van der Waals surface area contributed by atoms with Crippen LogP contribution in [0.25, 0.3) is 50.2 Å². The molecule has 186 valence electrons. The molecule has 2 aliphatic heterocycles. The predicted octanol–water partition coefficient (Wildman–Crippen LogP) is 5.21. The molecule has 6 heterocycles. The molecule has 4 aromatic heterocycles. The van der Waals surface area contributed by atoms with Crippen LogP contribution in [0.1, 0.15) is 6.42 Å². The number of pyridine rings is 1. The van der Waals surface area contributed by atoms with Gasteiger partial charge >= 0.3 is 0 Å². The average molecular weight is 519 g/mol. The standard InChI is InChI=1S/C29H23ClN8/c30-24-13-19(37-16-18-12-20(37)14-33-18)4-5-22(24)26-8-11-32-29-27(21-2-1-3-25-23(21)15-34-35-25)28(36-38(26)29)17-6-9-31-10-7-17/h1-11,13,15,18,20,33H,12,14,16H2,(H,34,35)/t18-,20-/m0/s1. The van der Waals surface area contributed by atoms with Gasteiger partial charge in [-0.15, -0.1) is 0 Å². The Kier molecular flexibility index (Phi) is 4.80. The van der Waals surface area contributed by atoms with Crippen LogP contribution in [0.2, 0.25) is 5.02 Å². The van der Waals surface area contributed by atoms with Crippen LogP contribution in [0.3, 0.4) is 0 Å². The maximum atomic E-state index is 6.96. The van der Waals surface area contributed by atoms with Crippen molar-refractivity contribution in [2.24, 2.45) is 0 Å². The lowest BCUT2D eigenvalue weighted by Gasteiger charge is -2.30. The number of aromatic amines is 1. The Morgan fingerprint density at radius 3 is 2.71 bits per heavy atom. The fraction of sp³-hybridized carbons (Fsp3) is 0.172. The number of halogens is 1. The lowest BCUT2D eigenvalue weighted by molar-refractivity contribution is 0.580. The van der Waals surface area contributed by atoms with E-state index in [1.165, 1.54) is 12.1 Å². The summed E-state index contributed by atoms with van der Waals surface area (Å²) in [6.07, 6.45) is 8.45. The van der Waals surface area contributed by atoms with E-state index in [9.17, 15) is 0 Å². The van der Waals surface area contributed by atoms with Crippen LogP contribution < -0.4 is 10.2 Å². The largest absolute Gasteiger partial charge is 0.366 e. The Morgan fingerprint density at radius 2 is 1.89 bits per heavy atom. The fourth-order valence-electron chi connectivity index (χ4n) is 6.06. The van der Waals surface area contributed by atoms with Crippen molar-refractivity contribution in [3.8, 4) is 33.6 Å². The minimum absolute atomic E-state index is 0.539. The van der Waals surface area contributed by atoms with Gasteiger partial charge in [0.2, 0.25) is 0 Å². The van der Waals surface area contributed by atoms with Crippen LogP contribution in [0.5, 0.6) is 0 Å². The molecule has 2 aliphatic rings. The third-order valence-electron chi connectivity index (χ3n) is 7.84. The van der Waals surface area contributed by atoms with E-state index in [1.807, 2.05) is 47.2 Å². The fourth-order valence-corrected chi connectivity index (χ4v) is 6.33. The Balaban J connectivity index is 1.33. The number of nitrogens with one attached hydrogen (secondary N) is 2. The van der Waals surface area contributed by atoms with E-state index in [4.69, 9.17) is 21.7 Å². The summed E-state index contributed by atoms with van der Waals surface area (Å²) < 4.78 is 1.91. The molecule has 8 rings (SSSR count). The molecular formula is C29H23ClN8. The second-order valence-corrected chi connectivity index (χ2v) is 10.4. The van der Waals surface area contributed by atoms with Crippen LogP contribution in [0.15, 0.2) is 79.4 Å². The number of piperazine rings is 1. The van der Waals surface area contributed by atoms with Gasteiger partial charge in [0.05, 0.1) is 28.0 Å². The van der Waals surface area contributed by atoms with Gasteiger partial charge in [-0.25, -0.2) is 9.50 Å². The van der Waals surface area contributed by atoms with Gasteiger partial charge in [-0.05, 0) is 54.4 Å². The number of benzene rings is 2. The Hall–Kier alpha value is -4.27. The molecule has 0 spiro atoms. The highest BCUT2D eigenvalue weighted by Crippen LogP contribution is 2.40. The first kappa shape index (κ1) is 21.8. The zero-order valence-corrected chi connectivity index (χ0v) is 21.1. The summed E-state index contributed by atoms with van der Waals surface area (Å²) in [5.41, 5.74) is 8.44. The molecule has 8 nitrogen and oxygen atoms in total. The summed E-state index contributed by atoms with van der Waals surface area (Å²) in [6.45, 7) is 2.06. The normalized spacial score (nSPS) is 18.7. The van der Waals surface area contributed by atoms with E-state index in [0.29, 0.717) is 17.1 Å². The third kappa shape index (κ3) is 3.27. The number of fused-ring (bicyclic) bond motifs is 4. The number of hydrogen-bond donors (Lipinski definition) is 2. The van der Waals surface area contributed by atoms with Crippen LogP contribution >= 0.6 is 11.6 Å². The summed E-state index contributed by atoms with van der Waals surface area (Å²) in [5.74, 6) is 0. The van der Waals surface area contributed by atoms with Gasteiger partial charge in [-0.1, -0.05) is 23.7 Å². The van der Waals surface area contributed by atoms with Crippen molar-refractivity contribution >= 4 is 33.8 Å². The molecule has 9 heteroatoms. The molecule has 2 bridgehead atoms. The molecule has 2 N–H and O–H groups in total. The van der Waals surface area contributed by atoms with E-state index in [-0.39, 0.29) is 0 Å². The van der Waals surface area contributed by atoms with Gasteiger partial charge in [-0.3, -0.25) is 10.1 Å². The van der Waals surface area contributed by atoms with E-state index in [2.05, 4.69) is 49.7 Å². The Labute approximate surface area is 223 Å². The smallest absolute Gasteiger partial charge is 0.164 e. The van der Waals surface area contributed by atoms with Gasteiger partial charge in [0.25, 0.3) is 0 Å². The first-order chi connectivity index (χ1) is 18.7. The maximum Gasteiger partial charge on any atom is 0.164 e. The van der Waals surface area contributed by atoms with Crippen LogP contribution in [0, 0.1) is 0 Å². The van der Waals surface area contributed by atoms with Gasteiger partial charge in [0, 0.05) is 66.0 Å². The van der Waals surface area contributed by atoms with E-state index in [1.54, 1.807) is 12.4 Å². The molecule has 2 saturated heterocycles. The summed E-state index contributed by atoms with van der Waals surface area (Å²) in [5, 5.41) is 17.8. The lowest BCUT2D eigenvalue weighted by Crippen LogP contribution is -2.43. The van der Waals surface area contributed by atoms with Crippen molar-refractivity contribution in [3.05, 3.63) is 84.4 Å². The molecule has 0 unspecified atom stereocenters. The van der Waals surface area contributed by atoms with Crippen molar-refractivity contribution < 1.29 is 0 Å². The Bertz CT molecular complexity index is 1830. The van der Waals surface area contributed by atoms with E-state index < -0.39 is 0 Å². The molecule has 2 aromatic carbocycles. The summed E-state index contributed by atoms with van der Waals surface area (Å²) in [7, 11) is 0. The SMILES string of the molecule is Clc1cc(N2C[C@@H]3C[C@H]2CN3)ccc1-c1ccnc2c(-c3cccc4[nH]ncc34)c(-c3ccncc3)nn12. The number of hydrogen-bond acceptors (Lipinski definition) is 6. The van der Waals surface area contributed by atoms with Gasteiger partial charge < -0.3 is 10.2 Å². The van der Waals surface area contributed by atoms with Crippen LogP contribution in [-0.4, -0.2) is 55.0 Å². The molecule has 6 aromatic rings. The number of anilines is 1. The monoisotopic (exact) mass is 518 g/mol. The summed E-state index contributed by atoms with van der Waals surface area (Å²) >= 11 is 6.96. The Morgan fingerprint density at radius 1 is 0.974 bits per heavy atom. The van der Waals surface area contributed by atoms with Crippen molar-refractivity contribution in [1.29, 1.82) is 0 Å². The number of H-pyrrole nitrogens is 1. The second kappa shape index (κ2) is 8.37. The lowest BCUT2D eigenvalue weighted by atomic mass is 9.99. The molecule has 38 heavy (non-hydrogen) atoms. The molecule has 2 atom stereocenters. The number of nitrogens with zero attached hydrogens (tertiary/aromatic N) is 6. The number of aromatic nitrogens is 6. The molecule has 0 aliphatic carbocycles. The minimum Gasteiger partial charge on any atom is -0.366 e. The third-order valence-corrected chi connectivity index (χ3v) is 8.16. The number of rotatable bonds is 4. The zero-order chi connectivity index (χ0) is 25.2. The van der Waals surface area contributed by atoms with Crippen molar-refractivity contribution in [2.75, 3.05) is 18.0 Å². The second-order valence-electron chi connectivity index (χ2n) is 9.97. The van der Waals surface area contributed by atoms with Crippen molar-refractivity contribution in [3.63, 3.8) is 0 Å². The highest BCUT2D eigenvalue weighted by atomic mass is 35.5. The van der Waals surface area contributed by atoms with Crippen molar-refractivity contribution in [2.45, 2.75) is 18.5 Å². The maximum absolute atomic E-state index is 6.96. The van der Waals surface area contributed by atoms with E-state index in [0.717, 1.165) is 63.3 Å². The van der Waals surface area contributed by atoms with Gasteiger partial charge in [-0.2, -0.15) is 10.2 Å². The average Bonchev–Trinajstić information content (AvgIpc) is 3.76. The highest BCUT2D eigenvalue weighted by molar-refractivity contribution is 6.33. The quantitative estimate of drug-likeness (QED) is 0.333. The van der Waals surface area contributed by atoms with Crippen LogP contribution in [0.4, 0.5) is 5.69 Å².